The zero-order valence-corrected chi connectivity index (χ0v) is 16.3. The van der Waals surface area contributed by atoms with Crippen LogP contribution in [0.2, 0.25) is 0 Å². The number of hydrogen-bond donors (Lipinski definition) is 1. The molecule has 6 heteroatoms. The van der Waals surface area contributed by atoms with E-state index in [1.807, 2.05) is 60.7 Å². The second-order valence-electron chi connectivity index (χ2n) is 5.89. The lowest BCUT2D eigenvalue weighted by Gasteiger charge is -2.09. The number of rotatable bonds is 8. The zero-order chi connectivity index (χ0) is 19.1. The summed E-state index contributed by atoms with van der Waals surface area (Å²) in [5.41, 5.74) is 0. The topological polar surface area (TPSA) is 63.6 Å². The van der Waals surface area contributed by atoms with Gasteiger partial charge in [0.05, 0.1) is 23.3 Å². The Morgan fingerprint density at radius 3 is 1.70 bits per heavy atom. The van der Waals surface area contributed by atoms with Crippen molar-refractivity contribution in [3.63, 3.8) is 0 Å². The number of hydrogen-bond acceptors (Lipinski definition) is 3. The van der Waals surface area contributed by atoms with Crippen molar-refractivity contribution in [3.8, 4) is 5.75 Å². The first-order valence-corrected chi connectivity index (χ1v) is 11.4. The lowest BCUT2D eigenvalue weighted by atomic mass is 10.3. The average molecular weight is 402 g/mol. The average Bonchev–Trinajstić information content (AvgIpc) is 2.68. The fourth-order valence-corrected chi connectivity index (χ4v) is 5.19. The lowest BCUT2D eigenvalue weighted by Crippen LogP contribution is -2.08. The van der Waals surface area contributed by atoms with Gasteiger partial charge >= 0.3 is 0 Å². The van der Waals surface area contributed by atoms with Crippen LogP contribution in [0, 0.1) is 0 Å². The van der Waals surface area contributed by atoms with E-state index in [1.54, 1.807) is 0 Å². The van der Waals surface area contributed by atoms with Gasteiger partial charge in [-0.05, 0) is 55.0 Å². The van der Waals surface area contributed by atoms with Crippen molar-refractivity contribution in [1.29, 1.82) is 0 Å². The van der Waals surface area contributed by atoms with Gasteiger partial charge in [0.25, 0.3) is 10.1 Å². The normalized spacial score (nSPS) is 11.5. The van der Waals surface area contributed by atoms with Gasteiger partial charge in [-0.3, -0.25) is 4.55 Å². The molecule has 0 aliphatic heterocycles. The maximum Gasteiger partial charge on any atom is 0.264 e. The Morgan fingerprint density at radius 1 is 0.741 bits per heavy atom. The number of ether oxygens (including phenoxy) is 1. The van der Waals surface area contributed by atoms with Gasteiger partial charge < -0.3 is 4.74 Å². The molecular weight excluding hydrogens is 380 g/mol. The van der Waals surface area contributed by atoms with E-state index < -0.39 is 10.1 Å². The highest BCUT2D eigenvalue weighted by Crippen LogP contribution is 2.31. The molecule has 0 amide bonds. The van der Waals surface area contributed by atoms with Crippen molar-refractivity contribution < 1.29 is 17.7 Å². The molecule has 3 aromatic rings. The van der Waals surface area contributed by atoms with Crippen LogP contribution in [0.5, 0.6) is 5.75 Å². The summed E-state index contributed by atoms with van der Waals surface area (Å²) in [7, 11) is -4.15. The Kier molecular flexibility index (Phi) is 6.55. The zero-order valence-electron chi connectivity index (χ0n) is 14.7. The van der Waals surface area contributed by atoms with Gasteiger partial charge in [0.15, 0.2) is 14.7 Å². The standard InChI is InChI=1S/C21H20O4S2/c22-27(23,24)17-7-16-25-18-12-14-21(15-13-18)26(19-8-3-1-4-9-19)20-10-5-2-6-11-20/h1-6,8-15H,7,16-17H2/p+1. The Balaban J connectivity index is 1.76. The summed E-state index contributed by atoms with van der Waals surface area (Å²) in [6.07, 6.45) is 0.249. The fourth-order valence-electron chi connectivity index (χ4n) is 2.62. The van der Waals surface area contributed by atoms with Crippen molar-refractivity contribution in [2.75, 3.05) is 12.4 Å². The molecule has 0 saturated carbocycles. The molecule has 4 nitrogen and oxygen atoms in total. The maximum atomic E-state index is 10.7. The van der Waals surface area contributed by atoms with Crippen molar-refractivity contribution in [1.82, 2.24) is 0 Å². The number of benzene rings is 3. The van der Waals surface area contributed by atoms with Gasteiger partial charge in [0.2, 0.25) is 0 Å². The molecule has 3 aromatic carbocycles. The Hall–Kier alpha value is -2.28. The largest absolute Gasteiger partial charge is 0.494 e. The van der Waals surface area contributed by atoms with E-state index in [4.69, 9.17) is 9.29 Å². The highest BCUT2D eigenvalue weighted by atomic mass is 32.2. The van der Waals surface area contributed by atoms with Gasteiger partial charge in [-0.15, -0.1) is 0 Å². The molecule has 0 unspecified atom stereocenters. The summed E-state index contributed by atoms with van der Waals surface area (Å²) in [6, 6.07) is 28.6. The molecule has 0 spiro atoms. The first kappa shape index (κ1) is 19.5. The van der Waals surface area contributed by atoms with Crippen LogP contribution in [0.4, 0.5) is 0 Å². The van der Waals surface area contributed by atoms with Gasteiger partial charge in [-0.1, -0.05) is 36.4 Å². The van der Waals surface area contributed by atoms with Crippen LogP contribution in [0.15, 0.2) is 99.6 Å². The monoisotopic (exact) mass is 401 g/mol. The van der Waals surface area contributed by atoms with E-state index in [9.17, 15) is 8.42 Å². The van der Waals surface area contributed by atoms with Crippen LogP contribution >= 0.6 is 0 Å². The van der Waals surface area contributed by atoms with Crippen LogP contribution in [0.25, 0.3) is 0 Å². The summed E-state index contributed by atoms with van der Waals surface area (Å²) in [6.45, 7) is 0.238. The Morgan fingerprint density at radius 2 is 1.22 bits per heavy atom. The van der Waals surface area contributed by atoms with E-state index in [2.05, 4.69) is 24.3 Å². The SMILES string of the molecule is O=S(=O)(O)CCCOc1ccc([S+](c2ccccc2)c2ccccc2)cc1. The summed E-state index contributed by atoms with van der Waals surface area (Å²) in [5, 5.41) is 0. The van der Waals surface area contributed by atoms with E-state index in [-0.39, 0.29) is 29.7 Å². The van der Waals surface area contributed by atoms with Crippen molar-refractivity contribution in [3.05, 3.63) is 84.9 Å². The molecule has 0 saturated heterocycles. The van der Waals surface area contributed by atoms with Crippen LogP contribution in [-0.4, -0.2) is 25.3 Å². The fraction of sp³-hybridized carbons (Fsp3) is 0.143. The minimum absolute atomic E-state index is 0.210. The Labute approximate surface area is 162 Å². The van der Waals surface area contributed by atoms with Gasteiger partial charge in [-0.2, -0.15) is 8.42 Å². The first-order chi connectivity index (χ1) is 13.0. The van der Waals surface area contributed by atoms with E-state index in [0.29, 0.717) is 5.75 Å². The molecule has 0 aromatic heterocycles. The summed E-state index contributed by atoms with van der Waals surface area (Å²) < 4.78 is 35.8. The van der Waals surface area contributed by atoms with Gasteiger partial charge in [-0.25, -0.2) is 0 Å². The second-order valence-corrected chi connectivity index (χ2v) is 9.49. The lowest BCUT2D eigenvalue weighted by molar-refractivity contribution is 0.316. The molecule has 27 heavy (non-hydrogen) atoms. The molecule has 0 aliphatic rings. The first-order valence-electron chi connectivity index (χ1n) is 8.55. The molecule has 1 N–H and O–H groups in total. The Bertz CT molecular complexity index is 901. The van der Waals surface area contributed by atoms with Gasteiger partial charge in [0.1, 0.15) is 5.75 Å². The third kappa shape index (κ3) is 5.85. The predicted molar refractivity (Wildman–Crippen MR) is 108 cm³/mol. The molecule has 0 heterocycles. The van der Waals surface area contributed by atoms with Crippen LogP contribution in [-0.2, 0) is 21.0 Å². The molecule has 140 valence electrons. The molecule has 0 fully saturated rings. The minimum atomic E-state index is -3.94. The third-order valence-corrected chi connectivity index (χ3v) is 6.87. The van der Waals surface area contributed by atoms with Gasteiger partial charge in [0, 0.05) is 0 Å². The molecule has 0 atom stereocenters. The van der Waals surface area contributed by atoms with Crippen LogP contribution in [0.3, 0.4) is 0 Å². The van der Waals surface area contributed by atoms with Crippen LogP contribution in [0.1, 0.15) is 6.42 Å². The minimum Gasteiger partial charge on any atom is -0.494 e. The van der Waals surface area contributed by atoms with E-state index in [1.165, 1.54) is 14.7 Å². The molecule has 0 radical (unpaired) electrons. The van der Waals surface area contributed by atoms with Crippen molar-refractivity contribution >= 4 is 21.0 Å². The van der Waals surface area contributed by atoms with Crippen molar-refractivity contribution in [2.24, 2.45) is 0 Å². The van der Waals surface area contributed by atoms with Crippen LogP contribution < -0.4 is 4.74 Å². The summed E-state index contributed by atoms with van der Waals surface area (Å²) in [4.78, 5) is 3.66. The van der Waals surface area contributed by atoms with E-state index in [0.717, 1.165) is 0 Å². The highest BCUT2D eigenvalue weighted by Gasteiger charge is 2.28. The molecule has 0 bridgehead atoms. The molecular formula is C21H21O4S2+. The predicted octanol–water partition coefficient (Wildman–Crippen LogP) is 4.44. The summed E-state index contributed by atoms with van der Waals surface area (Å²) >= 11 is 0. The third-order valence-electron chi connectivity index (χ3n) is 3.83. The quantitative estimate of drug-likeness (QED) is 0.344. The van der Waals surface area contributed by atoms with Crippen molar-refractivity contribution in [2.45, 2.75) is 21.1 Å². The summed E-state index contributed by atoms with van der Waals surface area (Å²) in [5.74, 6) is 0.384. The highest BCUT2D eigenvalue weighted by molar-refractivity contribution is 7.97. The van der Waals surface area contributed by atoms with E-state index >= 15 is 0 Å². The second kappa shape index (κ2) is 9.08. The smallest absolute Gasteiger partial charge is 0.264 e. The maximum absolute atomic E-state index is 10.7. The molecule has 3 rings (SSSR count). The molecule has 0 aliphatic carbocycles.